The fraction of sp³-hybridized carbons (Fsp3) is 0.750. The van der Waals surface area contributed by atoms with Gasteiger partial charge in [-0.1, -0.05) is 0 Å². The highest BCUT2D eigenvalue weighted by Crippen LogP contribution is 2.15. The molecule has 1 fully saturated rings. The Labute approximate surface area is 76.8 Å². The summed E-state index contributed by atoms with van der Waals surface area (Å²) in [5.74, 6) is -0.00264. The van der Waals surface area contributed by atoms with Gasteiger partial charge in [0.25, 0.3) is 0 Å². The van der Waals surface area contributed by atoms with Crippen LogP contribution in [0.2, 0.25) is 0 Å². The average Bonchev–Trinajstić information content (AvgIpc) is 1.92. The molecule has 0 unspecified atom stereocenters. The van der Waals surface area contributed by atoms with E-state index in [2.05, 4.69) is 0 Å². The van der Waals surface area contributed by atoms with Crippen LogP contribution in [0.4, 0.5) is 0 Å². The van der Waals surface area contributed by atoms with E-state index in [1.54, 1.807) is 11.8 Å². The van der Waals surface area contributed by atoms with E-state index in [1.165, 1.54) is 0 Å². The van der Waals surface area contributed by atoms with Gasteiger partial charge in [-0.3, -0.25) is 9.59 Å². The number of rotatable bonds is 4. The van der Waals surface area contributed by atoms with E-state index < -0.39 is 5.91 Å². The molecule has 13 heavy (non-hydrogen) atoms. The van der Waals surface area contributed by atoms with E-state index in [9.17, 15) is 9.59 Å². The molecular formula is C8H14N2O3. The van der Waals surface area contributed by atoms with E-state index in [-0.39, 0.29) is 12.5 Å². The topological polar surface area (TPSA) is 72.6 Å². The Morgan fingerprint density at radius 3 is 2.62 bits per heavy atom. The quantitative estimate of drug-likeness (QED) is 0.610. The highest BCUT2D eigenvalue weighted by atomic mass is 16.5. The number of carbonyl (C=O) groups is 2. The Morgan fingerprint density at radius 1 is 1.54 bits per heavy atom. The van der Waals surface area contributed by atoms with Gasteiger partial charge in [0.1, 0.15) is 6.61 Å². The van der Waals surface area contributed by atoms with Crippen LogP contribution in [-0.2, 0) is 14.3 Å². The summed E-state index contributed by atoms with van der Waals surface area (Å²) in [6.07, 6.45) is 0. The number of ether oxygens (including phenoxy) is 1. The third-order valence-corrected chi connectivity index (χ3v) is 2.00. The molecule has 5 nitrogen and oxygen atoms in total. The molecule has 2 amide bonds. The lowest BCUT2D eigenvalue weighted by atomic mass is 10.0. The predicted molar refractivity (Wildman–Crippen MR) is 45.8 cm³/mol. The van der Waals surface area contributed by atoms with Gasteiger partial charge < -0.3 is 15.4 Å². The smallest absolute Gasteiger partial charge is 0.243 e. The second-order valence-electron chi connectivity index (χ2n) is 3.27. The maximum atomic E-state index is 10.8. The van der Waals surface area contributed by atoms with Crippen molar-refractivity contribution in [3.05, 3.63) is 0 Å². The van der Waals surface area contributed by atoms with Crippen molar-refractivity contribution in [3.8, 4) is 0 Å². The van der Waals surface area contributed by atoms with Gasteiger partial charge in [-0.25, -0.2) is 0 Å². The van der Waals surface area contributed by atoms with E-state index in [0.29, 0.717) is 12.5 Å². The molecule has 1 aliphatic heterocycles. The molecule has 0 aromatic heterocycles. The molecule has 0 radical (unpaired) electrons. The van der Waals surface area contributed by atoms with Gasteiger partial charge in [0, 0.05) is 25.9 Å². The lowest BCUT2D eigenvalue weighted by Gasteiger charge is -2.38. The van der Waals surface area contributed by atoms with Crippen LogP contribution < -0.4 is 5.73 Å². The number of primary amides is 1. The van der Waals surface area contributed by atoms with E-state index in [4.69, 9.17) is 10.5 Å². The molecule has 0 aliphatic carbocycles. The molecule has 2 N–H and O–H groups in total. The number of hydrogen-bond acceptors (Lipinski definition) is 3. The molecule has 1 saturated heterocycles. The maximum Gasteiger partial charge on any atom is 0.243 e. The van der Waals surface area contributed by atoms with Crippen molar-refractivity contribution in [2.45, 2.75) is 6.92 Å². The summed E-state index contributed by atoms with van der Waals surface area (Å²) < 4.78 is 5.01. The van der Waals surface area contributed by atoms with Crippen LogP contribution in [0.5, 0.6) is 0 Å². The van der Waals surface area contributed by atoms with E-state index >= 15 is 0 Å². The van der Waals surface area contributed by atoms with Crippen molar-refractivity contribution in [3.63, 3.8) is 0 Å². The second kappa shape index (κ2) is 4.23. The van der Waals surface area contributed by atoms with Gasteiger partial charge in [-0.05, 0) is 0 Å². The fourth-order valence-electron chi connectivity index (χ4n) is 1.26. The highest BCUT2D eigenvalue weighted by molar-refractivity contribution is 5.75. The first-order valence-corrected chi connectivity index (χ1v) is 4.21. The largest absolute Gasteiger partial charge is 0.371 e. The predicted octanol–water partition coefficient (Wildman–Crippen LogP) is -1.03. The average molecular weight is 186 g/mol. The van der Waals surface area contributed by atoms with Crippen LogP contribution in [0.25, 0.3) is 0 Å². The van der Waals surface area contributed by atoms with Gasteiger partial charge in [0.15, 0.2) is 0 Å². The summed E-state index contributed by atoms with van der Waals surface area (Å²) >= 11 is 0. The van der Waals surface area contributed by atoms with Crippen LogP contribution >= 0.6 is 0 Å². The molecule has 74 valence electrons. The van der Waals surface area contributed by atoms with Crippen molar-refractivity contribution >= 4 is 11.8 Å². The third-order valence-electron chi connectivity index (χ3n) is 2.00. The van der Waals surface area contributed by atoms with Crippen LogP contribution in [0.1, 0.15) is 6.92 Å². The molecular weight excluding hydrogens is 172 g/mol. The molecule has 0 spiro atoms. The fourth-order valence-corrected chi connectivity index (χ4v) is 1.26. The number of amides is 2. The number of hydrogen-bond donors (Lipinski definition) is 1. The normalized spacial score (nSPS) is 16.8. The zero-order valence-corrected chi connectivity index (χ0v) is 7.66. The van der Waals surface area contributed by atoms with Crippen LogP contribution in [-0.4, -0.2) is 43.0 Å². The standard InChI is InChI=1S/C8H14N2O3/c1-6(11)10-2-7(3-10)4-13-5-8(9)12/h7H,2-5H2,1H3,(H2,9,12). The van der Waals surface area contributed by atoms with Gasteiger partial charge in [0.05, 0.1) is 6.61 Å². The molecule has 0 bridgehead atoms. The van der Waals surface area contributed by atoms with E-state index in [1.807, 2.05) is 0 Å². The van der Waals surface area contributed by atoms with E-state index in [0.717, 1.165) is 13.1 Å². The summed E-state index contributed by atoms with van der Waals surface area (Å²) in [6.45, 7) is 3.48. The Bertz CT molecular complexity index is 211. The minimum absolute atomic E-state index is 0.0312. The second-order valence-corrected chi connectivity index (χ2v) is 3.27. The molecule has 0 aromatic rings. The monoisotopic (exact) mass is 186 g/mol. The van der Waals surface area contributed by atoms with Crippen molar-refractivity contribution < 1.29 is 14.3 Å². The van der Waals surface area contributed by atoms with Gasteiger partial charge >= 0.3 is 0 Å². The van der Waals surface area contributed by atoms with Gasteiger partial charge in [-0.15, -0.1) is 0 Å². The zero-order valence-electron chi connectivity index (χ0n) is 7.66. The maximum absolute atomic E-state index is 10.8. The van der Waals surface area contributed by atoms with Gasteiger partial charge in [-0.2, -0.15) is 0 Å². The molecule has 0 aromatic carbocycles. The van der Waals surface area contributed by atoms with Gasteiger partial charge in [0.2, 0.25) is 11.8 Å². The number of carbonyl (C=O) groups excluding carboxylic acids is 2. The summed E-state index contributed by atoms with van der Waals surface area (Å²) in [5.41, 5.74) is 4.89. The molecule has 5 heteroatoms. The molecule has 0 saturated carbocycles. The first-order valence-electron chi connectivity index (χ1n) is 4.21. The summed E-state index contributed by atoms with van der Waals surface area (Å²) in [5, 5.41) is 0. The first-order chi connectivity index (χ1) is 6.09. The lowest BCUT2D eigenvalue weighted by molar-refractivity contribution is -0.137. The minimum Gasteiger partial charge on any atom is -0.371 e. The Kier molecular flexibility index (Phi) is 3.25. The SMILES string of the molecule is CC(=O)N1CC(COCC(N)=O)C1. The van der Waals surface area contributed by atoms with Crippen molar-refractivity contribution in [1.82, 2.24) is 4.90 Å². The number of nitrogens with two attached hydrogens (primary N) is 1. The van der Waals surface area contributed by atoms with Crippen LogP contribution in [0.15, 0.2) is 0 Å². The summed E-state index contributed by atoms with van der Waals surface area (Å²) in [6, 6.07) is 0. The molecule has 1 rings (SSSR count). The van der Waals surface area contributed by atoms with Crippen LogP contribution in [0.3, 0.4) is 0 Å². The summed E-state index contributed by atoms with van der Waals surface area (Å²) in [7, 11) is 0. The highest BCUT2D eigenvalue weighted by Gasteiger charge is 2.28. The zero-order chi connectivity index (χ0) is 9.84. The van der Waals surface area contributed by atoms with Crippen molar-refractivity contribution in [2.75, 3.05) is 26.3 Å². The Morgan fingerprint density at radius 2 is 2.15 bits per heavy atom. The lowest BCUT2D eigenvalue weighted by Crippen LogP contribution is -2.50. The van der Waals surface area contributed by atoms with Crippen molar-refractivity contribution in [2.24, 2.45) is 11.7 Å². The molecule has 1 aliphatic rings. The summed E-state index contributed by atoms with van der Waals surface area (Å²) in [4.78, 5) is 22.8. The minimum atomic E-state index is -0.456. The Hall–Kier alpha value is -1.10. The number of likely N-dealkylation sites (tertiary alicyclic amines) is 1. The van der Waals surface area contributed by atoms with Crippen molar-refractivity contribution in [1.29, 1.82) is 0 Å². The third kappa shape index (κ3) is 3.02. The number of nitrogens with zero attached hydrogens (tertiary/aromatic N) is 1. The molecule has 0 atom stereocenters. The van der Waals surface area contributed by atoms with Crippen LogP contribution in [0, 0.1) is 5.92 Å². The Balaban J connectivity index is 2.02. The molecule has 1 heterocycles. The first kappa shape index (κ1) is 9.98.